The van der Waals surface area contributed by atoms with E-state index in [9.17, 15) is 14.4 Å². The molecule has 0 aliphatic carbocycles. The van der Waals surface area contributed by atoms with Crippen LogP contribution in [0.3, 0.4) is 0 Å². The van der Waals surface area contributed by atoms with Gasteiger partial charge in [0.15, 0.2) is 11.7 Å². The van der Waals surface area contributed by atoms with Crippen molar-refractivity contribution in [2.24, 2.45) is 5.92 Å². The third-order valence-electron chi connectivity index (χ3n) is 7.30. The number of likely N-dealkylation sites (tertiary alicyclic amines) is 1. The lowest BCUT2D eigenvalue weighted by Gasteiger charge is -2.39. The van der Waals surface area contributed by atoms with E-state index in [1.165, 1.54) is 24.8 Å². The number of nitrogens with zero attached hydrogens (tertiary/aromatic N) is 2. The van der Waals surface area contributed by atoms with Gasteiger partial charge < -0.3 is 15.5 Å². The normalized spacial score (nSPS) is 25.4. The van der Waals surface area contributed by atoms with Crippen molar-refractivity contribution >= 4 is 29.0 Å². The Morgan fingerprint density at radius 1 is 0.941 bits per heavy atom. The van der Waals surface area contributed by atoms with E-state index in [1.54, 1.807) is 0 Å². The van der Waals surface area contributed by atoms with Crippen molar-refractivity contribution in [2.75, 3.05) is 36.4 Å². The van der Waals surface area contributed by atoms with Crippen LogP contribution in [0, 0.1) is 5.92 Å². The van der Waals surface area contributed by atoms with Crippen LogP contribution >= 0.6 is 0 Å². The van der Waals surface area contributed by atoms with Crippen LogP contribution in [0.2, 0.25) is 0 Å². The SMILES string of the molecule is O=C(Nc1ccc(N2CCCCC2)cc1)C1C(=O)NC2(CCCN(Cc3ccccc3)C2)C1=O. The second-order valence-electron chi connectivity index (χ2n) is 9.75. The van der Waals surface area contributed by atoms with Crippen LogP contribution in [-0.4, -0.2) is 54.2 Å². The van der Waals surface area contributed by atoms with Crippen molar-refractivity contribution in [3.63, 3.8) is 0 Å². The largest absolute Gasteiger partial charge is 0.372 e. The number of nitrogens with one attached hydrogen (secondary N) is 2. The first-order chi connectivity index (χ1) is 16.5. The van der Waals surface area contributed by atoms with Gasteiger partial charge in [-0.05, 0) is 68.5 Å². The Labute approximate surface area is 200 Å². The Bertz CT molecular complexity index is 1050. The Kier molecular flexibility index (Phi) is 6.37. The van der Waals surface area contributed by atoms with Crippen LogP contribution in [0.25, 0.3) is 0 Å². The van der Waals surface area contributed by atoms with E-state index in [0.29, 0.717) is 25.2 Å². The predicted octanol–water partition coefficient (Wildman–Crippen LogP) is 2.97. The molecule has 7 heteroatoms. The fourth-order valence-electron chi connectivity index (χ4n) is 5.55. The van der Waals surface area contributed by atoms with Gasteiger partial charge in [-0.25, -0.2) is 0 Å². The van der Waals surface area contributed by atoms with Gasteiger partial charge in [-0.2, -0.15) is 0 Å². The molecule has 0 saturated carbocycles. The maximum absolute atomic E-state index is 13.4. The Balaban J connectivity index is 1.24. The molecule has 2 unspecified atom stereocenters. The van der Waals surface area contributed by atoms with Gasteiger partial charge >= 0.3 is 0 Å². The molecule has 0 radical (unpaired) electrons. The molecule has 2 atom stereocenters. The van der Waals surface area contributed by atoms with Crippen LogP contribution in [0.1, 0.15) is 37.7 Å². The molecule has 3 saturated heterocycles. The van der Waals surface area contributed by atoms with E-state index in [-0.39, 0.29) is 5.78 Å². The molecule has 5 rings (SSSR count). The van der Waals surface area contributed by atoms with Gasteiger partial charge in [0.05, 0.1) is 0 Å². The van der Waals surface area contributed by atoms with Crippen LogP contribution in [0.5, 0.6) is 0 Å². The van der Waals surface area contributed by atoms with Crippen molar-refractivity contribution in [1.82, 2.24) is 10.2 Å². The lowest BCUT2D eigenvalue weighted by atomic mass is 9.83. The molecule has 3 aliphatic rings. The monoisotopic (exact) mass is 460 g/mol. The topological polar surface area (TPSA) is 81.8 Å². The number of anilines is 2. The fraction of sp³-hybridized carbons (Fsp3) is 0.444. The number of carbonyl (C=O) groups excluding carboxylic acids is 3. The molecule has 3 heterocycles. The predicted molar refractivity (Wildman–Crippen MR) is 131 cm³/mol. The van der Waals surface area contributed by atoms with Crippen molar-refractivity contribution in [3.05, 3.63) is 60.2 Å². The number of rotatable bonds is 5. The van der Waals surface area contributed by atoms with E-state index >= 15 is 0 Å². The van der Waals surface area contributed by atoms with Gasteiger partial charge in [-0.15, -0.1) is 0 Å². The van der Waals surface area contributed by atoms with Crippen molar-refractivity contribution in [2.45, 2.75) is 44.2 Å². The molecule has 1 spiro atoms. The number of ketones is 1. The molecule has 2 N–H and O–H groups in total. The number of amides is 2. The average Bonchev–Trinajstić information content (AvgIpc) is 3.09. The quantitative estimate of drug-likeness (QED) is 0.671. The van der Waals surface area contributed by atoms with E-state index < -0.39 is 23.3 Å². The van der Waals surface area contributed by atoms with Crippen molar-refractivity contribution in [1.29, 1.82) is 0 Å². The maximum Gasteiger partial charge on any atom is 0.244 e. The molecule has 7 nitrogen and oxygen atoms in total. The van der Waals surface area contributed by atoms with Gasteiger partial charge in [0.25, 0.3) is 0 Å². The Morgan fingerprint density at radius 3 is 2.41 bits per heavy atom. The maximum atomic E-state index is 13.4. The van der Waals surface area contributed by atoms with Crippen LogP contribution in [0.15, 0.2) is 54.6 Å². The van der Waals surface area contributed by atoms with E-state index in [1.807, 2.05) is 42.5 Å². The number of piperidine rings is 2. The molecule has 3 aliphatic heterocycles. The summed E-state index contributed by atoms with van der Waals surface area (Å²) in [6.07, 6.45) is 5.03. The smallest absolute Gasteiger partial charge is 0.244 e. The van der Waals surface area contributed by atoms with Gasteiger partial charge in [0.1, 0.15) is 5.54 Å². The van der Waals surface area contributed by atoms with E-state index in [2.05, 4.69) is 32.6 Å². The second-order valence-corrected chi connectivity index (χ2v) is 9.75. The van der Waals surface area contributed by atoms with Crippen LogP contribution in [0.4, 0.5) is 11.4 Å². The molecule has 3 fully saturated rings. The molecular formula is C27H32N4O3. The number of Topliss-reactive ketones (excluding diaryl/α,β-unsaturated/α-hetero) is 1. The highest BCUT2D eigenvalue weighted by Crippen LogP contribution is 2.32. The van der Waals surface area contributed by atoms with Gasteiger partial charge in [-0.1, -0.05) is 30.3 Å². The summed E-state index contributed by atoms with van der Waals surface area (Å²) in [7, 11) is 0. The molecule has 0 bridgehead atoms. The number of benzene rings is 2. The highest BCUT2D eigenvalue weighted by Gasteiger charge is 2.56. The molecule has 2 aromatic carbocycles. The minimum atomic E-state index is -1.31. The van der Waals surface area contributed by atoms with Gasteiger partial charge in [-0.3, -0.25) is 19.3 Å². The van der Waals surface area contributed by atoms with E-state index in [0.717, 1.165) is 31.7 Å². The number of hydrogen-bond acceptors (Lipinski definition) is 5. The number of hydrogen-bond donors (Lipinski definition) is 2. The standard InChI is InChI=1S/C27H32N4O3/c32-24-23(25(33)28-21-10-12-22(13-11-21)31-16-5-2-6-17-31)26(34)29-27(24)14-7-15-30(19-27)18-20-8-3-1-4-9-20/h1,3-4,8-13,23H,2,5-7,14-19H2,(H,28,33)(H,29,34). The summed E-state index contributed by atoms with van der Waals surface area (Å²) in [5.41, 5.74) is 1.91. The molecule has 0 aromatic heterocycles. The summed E-state index contributed by atoms with van der Waals surface area (Å²) >= 11 is 0. The second kappa shape index (κ2) is 9.58. The summed E-state index contributed by atoms with van der Waals surface area (Å²) in [4.78, 5) is 43.7. The third kappa shape index (κ3) is 4.57. The van der Waals surface area contributed by atoms with Gasteiger partial charge in [0, 0.05) is 37.6 Å². The third-order valence-corrected chi connectivity index (χ3v) is 7.30. The zero-order valence-electron chi connectivity index (χ0n) is 19.5. The zero-order chi connectivity index (χ0) is 23.5. The molecule has 2 aromatic rings. The summed E-state index contributed by atoms with van der Waals surface area (Å²) in [6, 6.07) is 17.8. The van der Waals surface area contributed by atoms with Gasteiger partial charge in [0.2, 0.25) is 11.8 Å². The van der Waals surface area contributed by atoms with Crippen LogP contribution < -0.4 is 15.5 Å². The first kappa shape index (κ1) is 22.6. The molecule has 34 heavy (non-hydrogen) atoms. The summed E-state index contributed by atoms with van der Waals surface area (Å²) in [5, 5.41) is 5.70. The first-order valence-corrected chi connectivity index (χ1v) is 12.3. The first-order valence-electron chi connectivity index (χ1n) is 12.3. The summed E-state index contributed by atoms with van der Waals surface area (Å²) in [5.74, 6) is -2.66. The van der Waals surface area contributed by atoms with E-state index in [4.69, 9.17) is 0 Å². The molecule has 178 valence electrons. The highest BCUT2D eigenvalue weighted by molar-refractivity contribution is 6.27. The minimum Gasteiger partial charge on any atom is -0.372 e. The lowest BCUT2D eigenvalue weighted by Crippen LogP contribution is -2.58. The summed E-state index contributed by atoms with van der Waals surface area (Å²) in [6.45, 7) is 4.10. The Hall–Kier alpha value is -3.19. The Morgan fingerprint density at radius 2 is 1.68 bits per heavy atom. The zero-order valence-corrected chi connectivity index (χ0v) is 19.5. The lowest BCUT2D eigenvalue weighted by molar-refractivity contribution is -0.136. The highest BCUT2D eigenvalue weighted by atomic mass is 16.2. The molecule has 2 amide bonds. The van der Waals surface area contributed by atoms with Crippen molar-refractivity contribution < 1.29 is 14.4 Å². The average molecular weight is 461 g/mol. The van der Waals surface area contributed by atoms with Crippen molar-refractivity contribution in [3.8, 4) is 0 Å². The number of carbonyl (C=O) groups is 3. The minimum absolute atomic E-state index is 0.308. The summed E-state index contributed by atoms with van der Waals surface area (Å²) < 4.78 is 0. The van der Waals surface area contributed by atoms with Crippen LogP contribution in [-0.2, 0) is 20.9 Å². The molecular weight excluding hydrogens is 428 g/mol. The fourth-order valence-corrected chi connectivity index (χ4v) is 5.55.